The molecule has 2 amide bonds. The molecule has 0 saturated carbocycles. The van der Waals surface area contributed by atoms with E-state index in [1.54, 1.807) is 84.9 Å². The summed E-state index contributed by atoms with van der Waals surface area (Å²) < 4.78 is 68.5. The van der Waals surface area contributed by atoms with E-state index in [0.717, 1.165) is 27.2 Å². The van der Waals surface area contributed by atoms with Gasteiger partial charge in [-0.25, -0.2) is 9.59 Å². The van der Waals surface area contributed by atoms with Gasteiger partial charge < -0.3 is 47.4 Å². The molecule has 7 aromatic carbocycles. The van der Waals surface area contributed by atoms with Crippen molar-refractivity contribution in [1.29, 1.82) is 0 Å². The molecule has 0 bridgehead atoms. The standard InChI is InChI=1S/C68H66N4O14/c1-2-3-23-38-79-67-57(72-63(73)53-36-21-22-37-54(53)64(72)74)60(84-65(75)50-32-17-8-18-33-50)59(56(82-67)45-78-41-47-26-11-5-12-27-47)86-68-62(85-66(76)52-35-20-19-34-51(52)39-70-71-69)61(81-43-49-30-15-7-16-31-49)58(80-42-48-28-13-6-14-29-48)55(83-68)44-77-40-46-24-9-4-10-25-46/h2,4-22,24-37,55-62,67-68H,1,3,23,38-45H2/t55-,56-,57-,58+,59-,60-,61+,62-,67-,68+/m1/s1. The van der Waals surface area contributed by atoms with Crippen LogP contribution in [0.2, 0.25) is 0 Å². The number of imide groups is 1. The molecule has 3 aliphatic heterocycles. The number of carbonyl (C=O) groups is 4. The summed E-state index contributed by atoms with van der Waals surface area (Å²) in [5.74, 6) is -3.09. The number of carbonyl (C=O) groups excluding carboxylic acids is 4. The van der Waals surface area contributed by atoms with Gasteiger partial charge in [0.2, 0.25) is 0 Å². The van der Waals surface area contributed by atoms with Crippen molar-refractivity contribution in [2.75, 3.05) is 19.8 Å². The fourth-order valence-corrected chi connectivity index (χ4v) is 10.6. The minimum atomic E-state index is -1.69. The SMILES string of the molecule is C=CCCCO[C@@H]1O[C@H](COCc2ccccc2)[C@@H](O[C@@H]2O[C@H](COCc3ccccc3)[C@H](OCc3ccccc3)[C@H](OCc3ccccc3)[C@H]2OC(=O)c2ccccc2CN=[N+]=[N-])[C@H](OC(=O)c2ccccc2)[C@H]1N1C(=O)c2ccccc2C1=O. The van der Waals surface area contributed by atoms with E-state index >= 15 is 4.79 Å². The fourth-order valence-electron chi connectivity index (χ4n) is 10.6. The molecule has 442 valence electrons. The molecule has 10 rings (SSSR count). The van der Waals surface area contributed by atoms with Crippen molar-refractivity contribution in [2.24, 2.45) is 5.11 Å². The van der Waals surface area contributed by atoms with Crippen molar-refractivity contribution in [2.45, 2.75) is 107 Å². The lowest BCUT2D eigenvalue weighted by Crippen LogP contribution is -2.69. The molecule has 0 aliphatic carbocycles. The van der Waals surface area contributed by atoms with Gasteiger partial charge in [0, 0.05) is 4.91 Å². The fraction of sp³-hybridized carbons (Fsp3) is 0.294. The number of fused-ring (bicyclic) bond motifs is 1. The number of rotatable bonds is 28. The molecule has 18 heteroatoms. The van der Waals surface area contributed by atoms with Crippen molar-refractivity contribution >= 4 is 23.8 Å². The van der Waals surface area contributed by atoms with E-state index in [1.165, 1.54) is 0 Å². The maximum absolute atomic E-state index is 15.1. The Kier molecular flexibility index (Phi) is 21.4. The number of unbranched alkanes of at least 4 members (excludes halogenated alkanes) is 1. The van der Waals surface area contributed by atoms with Gasteiger partial charge in [0.25, 0.3) is 11.8 Å². The normalized spacial score (nSPS) is 22.5. The maximum Gasteiger partial charge on any atom is 0.338 e. The number of nitrogens with zero attached hydrogens (tertiary/aromatic N) is 4. The highest BCUT2D eigenvalue weighted by molar-refractivity contribution is 6.21. The largest absolute Gasteiger partial charge is 0.453 e. The quantitative estimate of drug-likeness (QED) is 0.00849. The Hall–Kier alpha value is -8.65. The second kappa shape index (κ2) is 30.4. The predicted octanol–water partition coefficient (Wildman–Crippen LogP) is 11.3. The lowest BCUT2D eigenvalue weighted by molar-refractivity contribution is -0.358. The number of esters is 2. The molecule has 2 fully saturated rings. The van der Waals surface area contributed by atoms with E-state index < -0.39 is 85.1 Å². The van der Waals surface area contributed by atoms with Gasteiger partial charge in [-0.2, -0.15) is 0 Å². The van der Waals surface area contributed by atoms with Gasteiger partial charge in [-0.3, -0.25) is 14.5 Å². The van der Waals surface area contributed by atoms with Crippen LogP contribution in [0.1, 0.15) is 82.1 Å². The number of benzene rings is 7. The lowest BCUT2D eigenvalue weighted by atomic mass is 9.93. The Morgan fingerprint density at radius 2 is 1.01 bits per heavy atom. The van der Waals surface area contributed by atoms with E-state index in [2.05, 4.69) is 16.6 Å². The Bertz CT molecular complexity index is 3360. The van der Waals surface area contributed by atoms with Crippen LogP contribution < -0.4 is 0 Å². The van der Waals surface area contributed by atoms with E-state index in [4.69, 9.17) is 47.4 Å². The predicted molar refractivity (Wildman–Crippen MR) is 315 cm³/mol. The molecule has 18 nitrogen and oxygen atoms in total. The minimum Gasteiger partial charge on any atom is -0.453 e. The molecule has 10 atom stereocenters. The average molecular weight is 1160 g/mol. The zero-order valence-corrected chi connectivity index (χ0v) is 47.2. The van der Waals surface area contributed by atoms with Crippen molar-refractivity contribution in [1.82, 2.24) is 4.90 Å². The monoisotopic (exact) mass is 1160 g/mol. The van der Waals surface area contributed by atoms with Crippen LogP contribution in [0.4, 0.5) is 0 Å². The van der Waals surface area contributed by atoms with Crippen LogP contribution in [0.5, 0.6) is 0 Å². The first kappa shape index (κ1) is 60.5. The molecule has 0 unspecified atom stereocenters. The summed E-state index contributed by atoms with van der Waals surface area (Å²) in [6.07, 6.45) is -9.75. The lowest BCUT2D eigenvalue weighted by Gasteiger charge is -2.50. The van der Waals surface area contributed by atoms with Crippen LogP contribution >= 0.6 is 0 Å². The molecule has 86 heavy (non-hydrogen) atoms. The van der Waals surface area contributed by atoms with Crippen LogP contribution in [-0.2, 0) is 80.3 Å². The Morgan fingerprint density at radius 3 is 1.57 bits per heavy atom. The molecule has 3 heterocycles. The van der Waals surface area contributed by atoms with Gasteiger partial charge >= 0.3 is 11.9 Å². The summed E-state index contributed by atoms with van der Waals surface area (Å²) in [5, 5.41) is 3.76. The van der Waals surface area contributed by atoms with Gasteiger partial charge in [-0.15, -0.1) is 6.58 Å². The Morgan fingerprint density at radius 1 is 0.535 bits per heavy atom. The third-order valence-corrected chi connectivity index (χ3v) is 14.9. The zero-order valence-electron chi connectivity index (χ0n) is 47.2. The van der Waals surface area contributed by atoms with E-state index in [-0.39, 0.29) is 75.0 Å². The molecule has 2 saturated heterocycles. The minimum absolute atomic E-state index is 0.0188. The summed E-state index contributed by atoms with van der Waals surface area (Å²) in [7, 11) is 0. The van der Waals surface area contributed by atoms with E-state index in [9.17, 15) is 19.9 Å². The molecular weight excluding hydrogens is 1100 g/mol. The average Bonchev–Trinajstić information content (AvgIpc) is 1.90. The molecule has 0 spiro atoms. The molecule has 0 aromatic heterocycles. The number of hydrogen-bond acceptors (Lipinski definition) is 15. The number of ether oxygens (including phenoxy) is 10. The van der Waals surface area contributed by atoms with Crippen molar-refractivity contribution < 1.29 is 66.5 Å². The Balaban J connectivity index is 1.13. The van der Waals surface area contributed by atoms with Gasteiger partial charge in [0.05, 0.1) is 75.0 Å². The first-order valence-corrected chi connectivity index (χ1v) is 28.5. The summed E-state index contributed by atoms with van der Waals surface area (Å²) in [4.78, 5) is 63.9. The third kappa shape index (κ3) is 15.2. The highest BCUT2D eigenvalue weighted by atomic mass is 16.8. The third-order valence-electron chi connectivity index (χ3n) is 14.9. The van der Waals surface area contributed by atoms with Crippen molar-refractivity contribution in [3.63, 3.8) is 0 Å². The molecule has 7 aromatic rings. The van der Waals surface area contributed by atoms with Crippen LogP contribution in [0.25, 0.3) is 10.4 Å². The van der Waals surface area contributed by atoms with Crippen molar-refractivity contribution in [3.05, 3.63) is 273 Å². The Labute approximate surface area is 498 Å². The maximum atomic E-state index is 15.1. The smallest absolute Gasteiger partial charge is 0.338 e. The number of allylic oxidation sites excluding steroid dienone is 1. The summed E-state index contributed by atoms with van der Waals surface area (Å²) in [6, 6.07) is 57.6. The highest BCUT2D eigenvalue weighted by Crippen LogP contribution is 2.40. The van der Waals surface area contributed by atoms with Gasteiger partial charge in [0.15, 0.2) is 24.8 Å². The molecular formula is C68H66N4O14. The van der Waals surface area contributed by atoms with Crippen LogP contribution in [-0.4, -0.2) is 110 Å². The summed E-state index contributed by atoms with van der Waals surface area (Å²) in [5.41, 5.74) is 13.5. The van der Waals surface area contributed by atoms with Crippen LogP contribution in [0, 0.1) is 0 Å². The second-order valence-corrected chi connectivity index (χ2v) is 20.7. The molecule has 3 aliphatic rings. The van der Waals surface area contributed by atoms with E-state index in [0.29, 0.717) is 18.4 Å². The van der Waals surface area contributed by atoms with Crippen LogP contribution in [0.3, 0.4) is 0 Å². The topological polar surface area (TPSA) is 213 Å². The van der Waals surface area contributed by atoms with Gasteiger partial charge in [0.1, 0.15) is 36.6 Å². The molecule has 0 radical (unpaired) electrons. The molecule has 0 N–H and O–H groups in total. The van der Waals surface area contributed by atoms with Crippen molar-refractivity contribution in [3.8, 4) is 0 Å². The summed E-state index contributed by atoms with van der Waals surface area (Å²) in [6.45, 7) is 3.69. The van der Waals surface area contributed by atoms with Gasteiger partial charge in [-0.1, -0.05) is 181 Å². The summed E-state index contributed by atoms with van der Waals surface area (Å²) >= 11 is 0. The number of hydrogen-bond donors (Lipinski definition) is 0. The van der Waals surface area contributed by atoms with Crippen LogP contribution in [0.15, 0.2) is 218 Å². The van der Waals surface area contributed by atoms with E-state index in [1.807, 2.05) is 121 Å². The first-order valence-electron chi connectivity index (χ1n) is 28.5. The van der Waals surface area contributed by atoms with Gasteiger partial charge in [-0.05, 0) is 76.5 Å². The highest BCUT2D eigenvalue weighted by Gasteiger charge is 2.59. The number of azide groups is 1. The first-order chi connectivity index (χ1) is 42.3. The second-order valence-electron chi connectivity index (χ2n) is 20.7. The zero-order chi connectivity index (χ0) is 59.5. The number of amides is 2.